The number of hydrogen-bond donors (Lipinski definition) is 2. The van der Waals surface area contributed by atoms with E-state index in [9.17, 15) is 24.3 Å². The van der Waals surface area contributed by atoms with E-state index in [0.717, 1.165) is 56.1 Å². The van der Waals surface area contributed by atoms with Crippen molar-refractivity contribution in [2.45, 2.75) is 157 Å². The standard InChI is InChI=1S/C50H68ClN3O8/c1-26(2)37-32(55)25-50(52-42(59)46(7,8)43-54-53-39(62-43)28-14-13-27(51)23-33(28)60-12)22-21-48(10)29(38(37)50)15-16-35-47(9)19-18-36(45(5,6)34(47)17-20-49(35,48)11)61-41(58)31-24-30(40(56)57)44(31,3)4/h13-14,23,26,29-31,34-36H,15-22,24-25H2,1-12H3,(H,52,59)(H,56,57)/t29-,30+,31-,34+,35-,36+,47+,48-,49-,50-/m1/s1. The quantitative estimate of drug-likeness (QED) is 0.232. The van der Waals surface area contributed by atoms with Crippen LogP contribution in [0.25, 0.3) is 11.5 Å². The molecule has 2 aromatic rings. The number of amides is 1. The van der Waals surface area contributed by atoms with E-state index in [1.807, 2.05) is 13.8 Å². The van der Waals surface area contributed by atoms with Gasteiger partial charge in [0.15, 0.2) is 5.78 Å². The lowest BCUT2D eigenvalue weighted by Gasteiger charge is -2.72. The largest absolute Gasteiger partial charge is 0.496 e. The zero-order valence-electron chi connectivity index (χ0n) is 38.9. The van der Waals surface area contributed by atoms with E-state index >= 15 is 0 Å². The fourth-order valence-electron chi connectivity index (χ4n) is 14.8. The van der Waals surface area contributed by atoms with Gasteiger partial charge in [-0.1, -0.05) is 73.9 Å². The maximum absolute atomic E-state index is 14.7. The van der Waals surface area contributed by atoms with E-state index in [2.05, 4.69) is 64.0 Å². The number of Topliss-reactive ketones (excluding diaryl/α,β-unsaturated/α-hetero) is 1. The van der Waals surface area contributed by atoms with Gasteiger partial charge in [-0.2, -0.15) is 0 Å². The number of nitrogens with one attached hydrogen (secondary N) is 1. The number of methoxy groups -OCH3 is 1. The summed E-state index contributed by atoms with van der Waals surface area (Å²) in [6, 6.07) is 5.15. The summed E-state index contributed by atoms with van der Waals surface area (Å²) in [6.07, 6.45) is 7.67. The molecule has 11 nitrogen and oxygen atoms in total. The van der Waals surface area contributed by atoms with Crippen LogP contribution in [0.4, 0.5) is 0 Å². The second kappa shape index (κ2) is 14.6. The van der Waals surface area contributed by atoms with Crippen LogP contribution in [-0.4, -0.2) is 57.7 Å². The summed E-state index contributed by atoms with van der Waals surface area (Å²) in [5.74, 6) is -0.373. The fourth-order valence-corrected chi connectivity index (χ4v) is 15.0. The highest BCUT2D eigenvalue weighted by Gasteiger charge is 2.71. The van der Waals surface area contributed by atoms with E-state index in [0.29, 0.717) is 41.0 Å². The van der Waals surface area contributed by atoms with Gasteiger partial charge in [-0.3, -0.25) is 19.2 Å². The van der Waals surface area contributed by atoms with Crippen LogP contribution in [0, 0.1) is 62.6 Å². The predicted octanol–water partition coefficient (Wildman–Crippen LogP) is 10.2. The number of carboxylic acid groups (broad SMARTS) is 1. The minimum absolute atomic E-state index is 0.0117. The molecule has 1 aromatic carbocycles. The van der Waals surface area contributed by atoms with E-state index < -0.39 is 34.2 Å². The third kappa shape index (κ3) is 6.29. The van der Waals surface area contributed by atoms with Crippen LogP contribution in [0.1, 0.15) is 146 Å². The Morgan fingerprint density at radius 1 is 0.903 bits per heavy atom. The summed E-state index contributed by atoms with van der Waals surface area (Å²) >= 11 is 6.21. The molecule has 1 amide bonds. The first-order valence-corrected chi connectivity index (χ1v) is 23.4. The van der Waals surface area contributed by atoms with Gasteiger partial charge in [0, 0.05) is 16.9 Å². The number of ketones is 1. The van der Waals surface area contributed by atoms with Gasteiger partial charge in [-0.15, -0.1) is 10.2 Å². The molecular weight excluding hydrogens is 806 g/mol. The molecule has 0 radical (unpaired) electrons. The van der Waals surface area contributed by atoms with Crippen molar-refractivity contribution in [3.63, 3.8) is 0 Å². The van der Waals surface area contributed by atoms with Crippen molar-refractivity contribution in [3.05, 3.63) is 40.3 Å². The SMILES string of the molecule is COc1cc(Cl)ccc1-c1nnc(C(C)(C)C(=O)N[C@@]23CC[C@]4(C)[C@H](CC[C@@H]5[C@@]6(C)CC[C@H](OC(=O)[C@H]7C[C@@H](C(=O)O)C7(C)C)C(C)(C)[C@@H]6CC[C@]54C)C2=C(C(C)C)C(=O)C3)o1. The summed E-state index contributed by atoms with van der Waals surface area (Å²) in [5, 5.41) is 22.4. The number of carbonyl (C=O) groups is 4. The van der Waals surface area contributed by atoms with Crippen molar-refractivity contribution in [2.24, 2.45) is 62.6 Å². The van der Waals surface area contributed by atoms with Crippen molar-refractivity contribution in [1.82, 2.24) is 15.5 Å². The smallest absolute Gasteiger partial charge is 0.309 e. The third-order valence-corrected chi connectivity index (χ3v) is 19.0. The lowest BCUT2D eigenvalue weighted by Crippen LogP contribution is -2.67. The van der Waals surface area contributed by atoms with Gasteiger partial charge in [0.1, 0.15) is 17.3 Å². The first-order chi connectivity index (χ1) is 28.8. The Morgan fingerprint density at radius 3 is 2.26 bits per heavy atom. The molecule has 1 aromatic heterocycles. The van der Waals surface area contributed by atoms with Crippen LogP contribution in [0.5, 0.6) is 5.75 Å². The average molecular weight is 875 g/mol. The van der Waals surface area contributed by atoms with Crippen molar-refractivity contribution >= 4 is 35.2 Å². The molecule has 6 aliphatic rings. The number of allylic oxidation sites excluding steroid dienone is 1. The lowest BCUT2D eigenvalue weighted by molar-refractivity contribution is -0.235. The topological polar surface area (TPSA) is 158 Å². The normalized spacial score (nSPS) is 37.0. The predicted molar refractivity (Wildman–Crippen MR) is 235 cm³/mol. The highest BCUT2D eigenvalue weighted by molar-refractivity contribution is 6.30. The van der Waals surface area contributed by atoms with Crippen LogP contribution < -0.4 is 10.1 Å². The van der Waals surface area contributed by atoms with Gasteiger partial charge < -0.3 is 24.3 Å². The van der Waals surface area contributed by atoms with Crippen molar-refractivity contribution in [3.8, 4) is 17.2 Å². The number of aromatic nitrogens is 2. The second-order valence-electron chi connectivity index (χ2n) is 22.9. The molecule has 6 aliphatic carbocycles. The van der Waals surface area contributed by atoms with Crippen LogP contribution in [0.15, 0.2) is 33.8 Å². The zero-order valence-corrected chi connectivity index (χ0v) is 39.7. The summed E-state index contributed by atoms with van der Waals surface area (Å²) in [5.41, 5.74) is -0.403. The Balaban J connectivity index is 1.05. The molecule has 62 heavy (non-hydrogen) atoms. The third-order valence-electron chi connectivity index (χ3n) is 18.8. The number of carbonyl (C=O) groups excluding carboxylic acids is 3. The Bertz CT molecular complexity index is 2240. The van der Waals surface area contributed by atoms with E-state index in [1.165, 1.54) is 0 Å². The molecule has 338 valence electrons. The number of carboxylic acids is 1. The molecular formula is C50H68ClN3O8. The van der Waals surface area contributed by atoms with Gasteiger partial charge in [0.25, 0.3) is 5.89 Å². The molecule has 0 bridgehead atoms. The zero-order chi connectivity index (χ0) is 45.3. The molecule has 1 heterocycles. The van der Waals surface area contributed by atoms with Crippen LogP contribution in [0.2, 0.25) is 5.02 Å². The van der Waals surface area contributed by atoms with Crippen LogP contribution in [-0.2, 0) is 29.3 Å². The minimum atomic E-state index is -1.21. The number of hydrogen-bond acceptors (Lipinski definition) is 9. The fraction of sp³-hybridized carbons (Fsp3) is 0.720. The lowest BCUT2D eigenvalue weighted by atomic mass is 9.33. The molecule has 12 heteroatoms. The van der Waals surface area contributed by atoms with Crippen LogP contribution in [0.3, 0.4) is 0 Å². The number of nitrogens with zero attached hydrogens (tertiary/aromatic N) is 2. The summed E-state index contributed by atoms with van der Waals surface area (Å²) in [7, 11) is 1.54. The van der Waals surface area contributed by atoms with Crippen molar-refractivity contribution in [2.75, 3.05) is 7.11 Å². The van der Waals surface area contributed by atoms with Crippen molar-refractivity contribution in [1.29, 1.82) is 0 Å². The molecule has 5 saturated carbocycles. The molecule has 10 atom stereocenters. The van der Waals surface area contributed by atoms with E-state index in [1.54, 1.807) is 39.2 Å². The second-order valence-corrected chi connectivity index (χ2v) is 23.3. The number of fused-ring (bicyclic) bond motifs is 7. The Hall–Kier alpha value is -3.73. The first-order valence-electron chi connectivity index (χ1n) is 23.0. The molecule has 0 saturated heterocycles. The van der Waals surface area contributed by atoms with Gasteiger partial charge >= 0.3 is 11.9 Å². The summed E-state index contributed by atoms with van der Waals surface area (Å²) in [4.78, 5) is 54.5. The monoisotopic (exact) mass is 873 g/mol. The number of aliphatic carboxylic acids is 1. The van der Waals surface area contributed by atoms with Gasteiger partial charge in [0.05, 0.1) is 30.0 Å². The van der Waals surface area contributed by atoms with Crippen LogP contribution >= 0.6 is 11.6 Å². The molecule has 0 spiro atoms. The molecule has 5 fully saturated rings. The number of benzene rings is 1. The molecule has 8 rings (SSSR count). The van der Waals surface area contributed by atoms with Gasteiger partial charge in [0.2, 0.25) is 11.8 Å². The minimum Gasteiger partial charge on any atom is -0.496 e. The number of rotatable bonds is 9. The maximum atomic E-state index is 14.7. The number of esters is 1. The highest BCUT2D eigenvalue weighted by Crippen LogP contribution is 2.76. The van der Waals surface area contributed by atoms with E-state index in [4.69, 9.17) is 25.5 Å². The van der Waals surface area contributed by atoms with Gasteiger partial charge in [-0.05, 0) is 146 Å². The number of halogens is 1. The molecule has 2 N–H and O–H groups in total. The summed E-state index contributed by atoms with van der Waals surface area (Å²) in [6.45, 7) is 23.7. The Kier molecular flexibility index (Phi) is 10.6. The average Bonchev–Trinajstić information content (AvgIpc) is 3.79. The van der Waals surface area contributed by atoms with Gasteiger partial charge in [-0.25, -0.2) is 0 Å². The Morgan fingerprint density at radius 2 is 1.61 bits per heavy atom. The highest BCUT2D eigenvalue weighted by atomic mass is 35.5. The number of ether oxygens (including phenoxy) is 2. The molecule has 0 unspecified atom stereocenters. The summed E-state index contributed by atoms with van der Waals surface area (Å²) < 4.78 is 18.1. The maximum Gasteiger partial charge on any atom is 0.309 e. The Labute approximate surface area is 372 Å². The van der Waals surface area contributed by atoms with Crippen molar-refractivity contribution < 1.29 is 38.2 Å². The van der Waals surface area contributed by atoms with E-state index in [-0.39, 0.29) is 75.5 Å². The first kappa shape index (κ1) is 44.9. The molecule has 0 aliphatic heterocycles.